The second-order valence-corrected chi connectivity index (χ2v) is 11.2. The Morgan fingerprint density at radius 3 is 2.50 bits per heavy atom. The molecule has 1 aromatic carbocycles. The predicted octanol–water partition coefficient (Wildman–Crippen LogP) is 3.62. The van der Waals surface area contributed by atoms with Crippen LogP contribution in [-0.4, -0.2) is 53.2 Å². The number of carbonyl (C=O) groups is 3. The second-order valence-electron chi connectivity index (χ2n) is 11.2. The van der Waals surface area contributed by atoms with Gasteiger partial charge in [0.1, 0.15) is 23.2 Å². The van der Waals surface area contributed by atoms with Crippen LogP contribution in [0.25, 0.3) is 10.9 Å². The minimum atomic E-state index is -0.806. The van der Waals surface area contributed by atoms with Crippen LogP contribution in [0.15, 0.2) is 18.2 Å². The Labute approximate surface area is 211 Å². The van der Waals surface area contributed by atoms with Crippen LogP contribution >= 0.6 is 0 Å². The van der Waals surface area contributed by atoms with Crippen LogP contribution < -0.4 is 10.6 Å². The molecular formula is C27H37FN4O4. The van der Waals surface area contributed by atoms with E-state index in [-0.39, 0.29) is 23.3 Å². The van der Waals surface area contributed by atoms with Gasteiger partial charge in [0.15, 0.2) is 5.69 Å². The number of carbonyl (C=O) groups excluding carboxylic acids is 3. The number of amides is 2. The number of Topliss-reactive ketones (excluding diaryl/α,β-unsaturated/α-hetero) is 1. The lowest BCUT2D eigenvalue weighted by atomic mass is 9.85. The maximum atomic E-state index is 14.9. The zero-order chi connectivity index (χ0) is 25.9. The third-order valence-corrected chi connectivity index (χ3v) is 7.34. The number of hydrogen-bond acceptors (Lipinski definition) is 5. The standard InChI is InChI=1S/C27H37FN4O4/c1-27(2,3)24(26(35)29-15-17-7-9-19(33)10-8-17)30-25(34)22-20-5-4-6-21(28)23(20)32(31-22)16-18-11-13-36-14-12-18/h4-6,17-18,24H,7-16H2,1-3H3,(H,29,35)(H,30,34)/t24-/m1/s1. The zero-order valence-electron chi connectivity index (χ0n) is 21.4. The first-order valence-electron chi connectivity index (χ1n) is 13.0. The molecule has 36 heavy (non-hydrogen) atoms. The van der Waals surface area contributed by atoms with Crippen LogP contribution in [0.3, 0.4) is 0 Å². The van der Waals surface area contributed by atoms with E-state index in [9.17, 15) is 18.8 Å². The average molecular weight is 501 g/mol. The maximum Gasteiger partial charge on any atom is 0.273 e. The molecule has 2 aromatic rings. The Morgan fingerprint density at radius 2 is 1.83 bits per heavy atom. The monoisotopic (exact) mass is 500 g/mol. The normalized spacial score (nSPS) is 18.8. The molecule has 1 saturated carbocycles. The van der Waals surface area contributed by atoms with E-state index >= 15 is 0 Å². The fourth-order valence-corrected chi connectivity index (χ4v) is 5.09. The van der Waals surface area contributed by atoms with E-state index in [1.54, 1.807) is 16.8 Å². The zero-order valence-corrected chi connectivity index (χ0v) is 21.4. The van der Waals surface area contributed by atoms with E-state index in [2.05, 4.69) is 15.7 Å². The van der Waals surface area contributed by atoms with Gasteiger partial charge in [0.2, 0.25) is 5.91 Å². The molecule has 0 spiro atoms. The summed E-state index contributed by atoms with van der Waals surface area (Å²) in [7, 11) is 0. The molecule has 8 nitrogen and oxygen atoms in total. The molecular weight excluding hydrogens is 463 g/mol. The number of nitrogens with zero attached hydrogens (tertiary/aromatic N) is 2. The summed E-state index contributed by atoms with van der Waals surface area (Å²) in [6, 6.07) is 3.82. The van der Waals surface area contributed by atoms with Gasteiger partial charge in [-0.25, -0.2) is 4.39 Å². The number of benzene rings is 1. The molecule has 0 radical (unpaired) electrons. The number of aromatic nitrogens is 2. The van der Waals surface area contributed by atoms with Gasteiger partial charge in [0.25, 0.3) is 5.91 Å². The van der Waals surface area contributed by atoms with Crippen LogP contribution in [0, 0.1) is 23.1 Å². The van der Waals surface area contributed by atoms with Crippen LogP contribution in [0.5, 0.6) is 0 Å². The Hall–Kier alpha value is -2.81. The summed E-state index contributed by atoms with van der Waals surface area (Å²) in [5.74, 6) is -0.379. The third-order valence-electron chi connectivity index (χ3n) is 7.34. The van der Waals surface area contributed by atoms with Crippen molar-refractivity contribution in [2.75, 3.05) is 19.8 Å². The molecule has 9 heteroatoms. The average Bonchev–Trinajstić information content (AvgIpc) is 3.21. The fraction of sp³-hybridized carbons (Fsp3) is 0.630. The van der Waals surface area contributed by atoms with Gasteiger partial charge in [-0.05, 0) is 49.0 Å². The first kappa shape index (κ1) is 26.3. The lowest BCUT2D eigenvalue weighted by Gasteiger charge is -2.31. The Balaban J connectivity index is 1.51. The first-order valence-corrected chi connectivity index (χ1v) is 13.0. The van der Waals surface area contributed by atoms with Gasteiger partial charge >= 0.3 is 0 Å². The highest BCUT2D eigenvalue weighted by Gasteiger charge is 2.35. The van der Waals surface area contributed by atoms with Crippen molar-refractivity contribution in [2.45, 2.75) is 71.9 Å². The smallest absolute Gasteiger partial charge is 0.273 e. The van der Waals surface area contributed by atoms with Crippen LogP contribution in [0.1, 0.15) is 69.8 Å². The molecule has 196 valence electrons. The number of fused-ring (bicyclic) bond motifs is 1. The highest BCUT2D eigenvalue weighted by molar-refractivity contribution is 6.06. The van der Waals surface area contributed by atoms with Gasteiger partial charge in [0, 0.05) is 44.5 Å². The highest BCUT2D eigenvalue weighted by atomic mass is 19.1. The van der Waals surface area contributed by atoms with Crippen molar-refractivity contribution in [1.82, 2.24) is 20.4 Å². The summed E-state index contributed by atoms with van der Waals surface area (Å²) in [5, 5.41) is 10.8. The number of nitrogens with one attached hydrogen (secondary N) is 2. The molecule has 4 rings (SSSR count). The van der Waals surface area contributed by atoms with E-state index in [0.29, 0.717) is 56.0 Å². The summed E-state index contributed by atoms with van der Waals surface area (Å²) < 4.78 is 21.9. The lowest BCUT2D eigenvalue weighted by molar-refractivity contribution is -0.125. The van der Waals surface area contributed by atoms with Crippen LogP contribution in [0.2, 0.25) is 0 Å². The van der Waals surface area contributed by atoms with Gasteiger partial charge in [-0.15, -0.1) is 0 Å². The topological polar surface area (TPSA) is 102 Å². The highest BCUT2D eigenvalue weighted by Crippen LogP contribution is 2.27. The quantitative estimate of drug-likeness (QED) is 0.605. The van der Waals surface area contributed by atoms with Crippen LogP contribution in [-0.2, 0) is 20.9 Å². The Bertz CT molecular complexity index is 1110. The molecule has 2 N–H and O–H groups in total. The van der Waals surface area contributed by atoms with Gasteiger partial charge in [-0.3, -0.25) is 19.1 Å². The molecule has 1 aliphatic carbocycles. The van der Waals surface area contributed by atoms with Crippen LogP contribution in [0.4, 0.5) is 4.39 Å². The molecule has 2 heterocycles. The van der Waals surface area contributed by atoms with Crippen molar-refractivity contribution in [3.8, 4) is 0 Å². The Morgan fingerprint density at radius 1 is 1.14 bits per heavy atom. The predicted molar refractivity (Wildman–Crippen MR) is 134 cm³/mol. The van der Waals surface area contributed by atoms with E-state index in [1.165, 1.54) is 6.07 Å². The van der Waals surface area contributed by atoms with E-state index in [4.69, 9.17) is 4.74 Å². The number of rotatable bonds is 7. The van der Waals surface area contributed by atoms with Gasteiger partial charge < -0.3 is 15.4 Å². The number of ether oxygens (including phenoxy) is 1. The largest absolute Gasteiger partial charge is 0.381 e. The molecule has 2 fully saturated rings. The SMILES string of the molecule is CC(C)(C)[C@H](NC(=O)c1nn(CC2CCOCC2)c2c(F)cccc12)C(=O)NCC1CCC(=O)CC1. The molecule has 1 aromatic heterocycles. The fourth-order valence-electron chi connectivity index (χ4n) is 5.09. The summed E-state index contributed by atoms with van der Waals surface area (Å²) >= 11 is 0. The van der Waals surface area contributed by atoms with E-state index in [1.807, 2.05) is 20.8 Å². The number of hydrogen-bond donors (Lipinski definition) is 2. The number of para-hydroxylation sites is 1. The lowest BCUT2D eigenvalue weighted by Crippen LogP contribution is -2.54. The summed E-state index contributed by atoms with van der Waals surface area (Å²) in [6.45, 7) is 7.97. The van der Waals surface area contributed by atoms with Gasteiger partial charge in [-0.2, -0.15) is 5.10 Å². The summed E-state index contributed by atoms with van der Waals surface area (Å²) in [4.78, 5) is 38.1. The van der Waals surface area contributed by atoms with Gasteiger partial charge in [-0.1, -0.05) is 32.9 Å². The van der Waals surface area contributed by atoms with Crippen molar-refractivity contribution >= 4 is 28.5 Å². The van der Waals surface area contributed by atoms with Gasteiger partial charge in [0.05, 0.1) is 0 Å². The number of ketones is 1. The minimum Gasteiger partial charge on any atom is -0.381 e. The molecule has 2 aliphatic rings. The molecule has 2 amide bonds. The van der Waals surface area contributed by atoms with E-state index in [0.717, 1.165) is 25.7 Å². The van der Waals surface area contributed by atoms with Crippen molar-refractivity contribution in [1.29, 1.82) is 0 Å². The first-order chi connectivity index (χ1) is 17.1. The third kappa shape index (κ3) is 6.11. The maximum absolute atomic E-state index is 14.9. The summed E-state index contributed by atoms with van der Waals surface area (Å²) in [6.07, 6.45) is 4.37. The molecule has 0 bridgehead atoms. The van der Waals surface area contributed by atoms with Crippen molar-refractivity contribution < 1.29 is 23.5 Å². The summed E-state index contributed by atoms with van der Waals surface area (Å²) in [5.41, 5.74) is -0.143. The number of halogens is 1. The van der Waals surface area contributed by atoms with Crippen molar-refractivity contribution in [3.63, 3.8) is 0 Å². The van der Waals surface area contributed by atoms with Crippen molar-refractivity contribution in [3.05, 3.63) is 29.7 Å². The second kappa shape index (κ2) is 11.1. The van der Waals surface area contributed by atoms with E-state index < -0.39 is 23.2 Å². The van der Waals surface area contributed by atoms with Crippen molar-refractivity contribution in [2.24, 2.45) is 17.3 Å². The molecule has 1 atom stereocenters. The molecule has 1 saturated heterocycles. The minimum absolute atomic E-state index is 0.115. The molecule has 0 unspecified atom stereocenters. The Kier molecular flexibility index (Phi) is 8.07. The molecule has 1 aliphatic heterocycles.